The second-order valence-corrected chi connectivity index (χ2v) is 6.84. The molecule has 1 aromatic heterocycles. The highest BCUT2D eigenvalue weighted by Gasteiger charge is 2.17. The topological polar surface area (TPSA) is 20.2 Å². The average Bonchev–Trinajstić information content (AvgIpc) is 2.58. The largest absolute Gasteiger partial charge is 0.383 e. The Bertz CT molecular complexity index is 531. The van der Waals surface area contributed by atoms with Crippen LogP contribution in [0.15, 0.2) is 28.1 Å². The molecule has 90 valence electrons. The number of aliphatic hydroxyl groups excluding tert-OH is 1. The lowest BCUT2D eigenvalue weighted by molar-refractivity contribution is 0.224. The van der Waals surface area contributed by atoms with Gasteiger partial charge in [-0.05, 0) is 53.0 Å². The van der Waals surface area contributed by atoms with Gasteiger partial charge in [0.25, 0.3) is 0 Å². The molecule has 0 spiro atoms. The van der Waals surface area contributed by atoms with Crippen molar-refractivity contribution in [1.82, 2.24) is 0 Å². The van der Waals surface area contributed by atoms with Gasteiger partial charge in [0.1, 0.15) is 6.10 Å². The van der Waals surface area contributed by atoms with Gasteiger partial charge in [0, 0.05) is 15.5 Å². The molecule has 1 atom stereocenters. The van der Waals surface area contributed by atoms with E-state index in [0.717, 1.165) is 25.4 Å². The predicted molar refractivity (Wildman–Crippen MR) is 77.0 cm³/mol. The standard InChI is InChI=1S/C13H12BrClOS/c1-7-3-4-9(10(15)5-7)12(16)11-6-8(2)13(14)17-11/h3-6,12,16H,1-2H3. The molecule has 4 heteroatoms. The third-order valence-electron chi connectivity index (χ3n) is 2.60. The molecule has 2 aromatic rings. The van der Waals surface area contributed by atoms with Gasteiger partial charge in [0.15, 0.2) is 0 Å². The molecule has 0 amide bonds. The van der Waals surface area contributed by atoms with Crippen LogP contribution in [-0.2, 0) is 0 Å². The predicted octanol–water partition coefficient (Wildman–Crippen LogP) is 4.86. The summed E-state index contributed by atoms with van der Waals surface area (Å²) in [4.78, 5) is 0.903. The van der Waals surface area contributed by atoms with Crippen LogP contribution in [0.3, 0.4) is 0 Å². The van der Waals surface area contributed by atoms with E-state index in [0.29, 0.717) is 5.02 Å². The van der Waals surface area contributed by atoms with Crippen LogP contribution >= 0.6 is 38.9 Å². The van der Waals surface area contributed by atoms with Crippen molar-refractivity contribution >= 4 is 38.9 Å². The van der Waals surface area contributed by atoms with E-state index in [4.69, 9.17) is 11.6 Å². The number of hydrogen-bond donors (Lipinski definition) is 1. The Balaban J connectivity index is 2.39. The summed E-state index contributed by atoms with van der Waals surface area (Å²) >= 11 is 11.2. The molecule has 1 aromatic carbocycles. The van der Waals surface area contributed by atoms with Gasteiger partial charge in [0.2, 0.25) is 0 Å². The van der Waals surface area contributed by atoms with Crippen LogP contribution in [0, 0.1) is 13.8 Å². The van der Waals surface area contributed by atoms with E-state index in [1.54, 1.807) is 0 Å². The summed E-state index contributed by atoms with van der Waals surface area (Å²) in [7, 11) is 0. The first-order valence-electron chi connectivity index (χ1n) is 5.19. The van der Waals surface area contributed by atoms with E-state index in [-0.39, 0.29) is 0 Å². The fourth-order valence-corrected chi connectivity index (χ4v) is 3.54. The van der Waals surface area contributed by atoms with Gasteiger partial charge in [-0.25, -0.2) is 0 Å². The molecular formula is C13H12BrClOS. The number of rotatable bonds is 2. The normalized spacial score (nSPS) is 12.8. The molecule has 0 aliphatic carbocycles. The lowest BCUT2D eigenvalue weighted by Crippen LogP contribution is -1.98. The molecule has 0 saturated carbocycles. The van der Waals surface area contributed by atoms with Crippen molar-refractivity contribution in [1.29, 1.82) is 0 Å². The van der Waals surface area contributed by atoms with Crippen molar-refractivity contribution in [2.75, 3.05) is 0 Å². The van der Waals surface area contributed by atoms with Gasteiger partial charge in [-0.15, -0.1) is 11.3 Å². The zero-order chi connectivity index (χ0) is 12.6. The smallest absolute Gasteiger partial charge is 0.115 e. The van der Waals surface area contributed by atoms with Crippen LogP contribution in [0.25, 0.3) is 0 Å². The van der Waals surface area contributed by atoms with E-state index in [2.05, 4.69) is 15.9 Å². The van der Waals surface area contributed by atoms with E-state index in [1.165, 1.54) is 11.3 Å². The van der Waals surface area contributed by atoms with Crippen molar-refractivity contribution in [3.63, 3.8) is 0 Å². The lowest BCUT2D eigenvalue weighted by atomic mass is 10.1. The van der Waals surface area contributed by atoms with Crippen LogP contribution < -0.4 is 0 Å². The van der Waals surface area contributed by atoms with Gasteiger partial charge in [-0.3, -0.25) is 0 Å². The third kappa shape index (κ3) is 2.74. The summed E-state index contributed by atoms with van der Waals surface area (Å²) in [5.41, 5.74) is 2.98. The van der Waals surface area contributed by atoms with Crippen LogP contribution in [0.5, 0.6) is 0 Å². The molecule has 0 fully saturated rings. The lowest BCUT2D eigenvalue weighted by Gasteiger charge is -2.11. The number of aliphatic hydroxyl groups is 1. The van der Waals surface area contributed by atoms with Crippen molar-refractivity contribution < 1.29 is 5.11 Å². The fourth-order valence-electron chi connectivity index (χ4n) is 1.63. The van der Waals surface area contributed by atoms with Crippen molar-refractivity contribution in [2.45, 2.75) is 20.0 Å². The molecule has 0 aliphatic rings. The monoisotopic (exact) mass is 330 g/mol. The first-order valence-corrected chi connectivity index (χ1v) is 7.17. The van der Waals surface area contributed by atoms with Gasteiger partial charge in [-0.1, -0.05) is 23.7 Å². The number of halogens is 2. The minimum absolute atomic E-state index is 0.611. The second-order valence-electron chi connectivity index (χ2n) is 4.03. The van der Waals surface area contributed by atoms with Crippen LogP contribution in [0.1, 0.15) is 27.7 Å². The molecule has 1 nitrogen and oxygen atoms in total. The molecule has 17 heavy (non-hydrogen) atoms. The molecule has 2 rings (SSSR count). The van der Waals surface area contributed by atoms with Crippen LogP contribution in [0.2, 0.25) is 5.02 Å². The maximum Gasteiger partial charge on any atom is 0.115 e. The van der Waals surface area contributed by atoms with Crippen molar-refractivity contribution in [3.05, 3.63) is 54.6 Å². The Morgan fingerprint density at radius 2 is 2.00 bits per heavy atom. The highest BCUT2D eigenvalue weighted by atomic mass is 79.9. The SMILES string of the molecule is Cc1ccc(C(O)c2cc(C)c(Br)s2)c(Cl)c1. The molecule has 0 saturated heterocycles. The van der Waals surface area contributed by atoms with E-state index in [9.17, 15) is 5.11 Å². The number of benzene rings is 1. The summed E-state index contributed by atoms with van der Waals surface area (Å²) in [5.74, 6) is 0. The fraction of sp³-hybridized carbons (Fsp3) is 0.231. The third-order valence-corrected chi connectivity index (χ3v) is 5.11. The molecule has 0 radical (unpaired) electrons. The highest BCUT2D eigenvalue weighted by molar-refractivity contribution is 9.11. The summed E-state index contributed by atoms with van der Waals surface area (Å²) in [6, 6.07) is 7.69. The number of hydrogen-bond acceptors (Lipinski definition) is 2. The quantitative estimate of drug-likeness (QED) is 0.833. The second kappa shape index (κ2) is 5.11. The number of thiophene rings is 1. The van der Waals surface area contributed by atoms with Gasteiger partial charge in [-0.2, -0.15) is 0 Å². The Kier molecular flexibility index (Phi) is 3.93. The first-order chi connectivity index (χ1) is 7.99. The molecule has 1 N–H and O–H groups in total. The maximum absolute atomic E-state index is 10.3. The molecular weight excluding hydrogens is 320 g/mol. The Hall–Kier alpha value is -0.350. The maximum atomic E-state index is 10.3. The highest BCUT2D eigenvalue weighted by Crippen LogP contribution is 2.36. The minimum atomic E-state index is -0.655. The Morgan fingerprint density at radius 3 is 2.53 bits per heavy atom. The van der Waals surface area contributed by atoms with Gasteiger partial charge in [0.05, 0.1) is 3.79 Å². The van der Waals surface area contributed by atoms with E-state index >= 15 is 0 Å². The molecule has 1 unspecified atom stereocenters. The zero-order valence-electron chi connectivity index (χ0n) is 9.50. The molecule has 1 heterocycles. The van der Waals surface area contributed by atoms with Crippen molar-refractivity contribution in [2.24, 2.45) is 0 Å². The van der Waals surface area contributed by atoms with Crippen molar-refractivity contribution in [3.8, 4) is 0 Å². The molecule has 0 aliphatic heterocycles. The van der Waals surface area contributed by atoms with Crippen LogP contribution in [-0.4, -0.2) is 5.11 Å². The Morgan fingerprint density at radius 1 is 1.29 bits per heavy atom. The summed E-state index contributed by atoms with van der Waals surface area (Å²) < 4.78 is 1.05. The molecule has 0 bridgehead atoms. The Labute approximate surface area is 118 Å². The zero-order valence-corrected chi connectivity index (χ0v) is 12.7. The number of aryl methyl sites for hydroxylation is 2. The summed E-state index contributed by atoms with van der Waals surface area (Å²) in [5, 5.41) is 10.9. The summed E-state index contributed by atoms with van der Waals surface area (Å²) in [6.07, 6.45) is -0.655. The average molecular weight is 332 g/mol. The van der Waals surface area contributed by atoms with E-state index in [1.807, 2.05) is 38.1 Å². The minimum Gasteiger partial charge on any atom is -0.383 e. The van der Waals surface area contributed by atoms with E-state index < -0.39 is 6.10 Å². The van der Waals surface area contributed by atoms with Gasteiger partial charge >= 0.3 is 0 Å². The summed E-state index contributed by atoms with van der Waals surface area (Å²) in [6.45, 7) is 3.99. The van der Waals surface area contributed by atoms with Gasteiger partial charge < -0.3 is 5.11 Å². The first kappa shape index (κ1) is 13.1. The van der Waals surface area contributed by atoms with Crippen LogP contribution in [0.4, 0.5) is 0 Å².